The molecule has 0 bridgehead atoms. The van der Waals surface area contributed by atoms with Gasteiger partial charge in [0.05, 0.1) is 16.5 Å². The summed E-state index contributed by atoms with van der Waals surface area (Å²) < 4.78 is 0.905. The molecule has 0 radical (unpaired) electrons. The predicted molar refractivity (Wildman–Crippen MR) is 52.4 cm³/mol. The van der Waals surface area contributed by atoms with Crippen LogP contribution in [0.3, 0.4) is 0 Å². The van der Waals surface area contributed by atoms with Crippen molar-refractivity contribution in [2.24, 2.45) is 0 Å². The van der Waals surface area contributed by atoms with Crippen molar-refractivity contribution in [1.82, 2.24) is 10.3 Å². The molecule has 1 rings (SSSR count). The Morgan fingerprint density at radius 3 is 3.08 bits per heavy atom. The fourth-order valence-corrected chi connectivity index (χ4v) is 1.76. The van der Waals surface area contributed by atoms with Crippen LogP contribution in [0.4, 0.5) is 5.13 Å². The van der Waals surface area contributed by atoms with Gasteiger partial charge in [0.2, 0.25) is 5.91 Å². The van der Waals surface area contributed by atoms with E-state index in [4.69, 9.17) is 0 Å². The largest absolute Gasteiger partial charge is 0.311 e. The maximum Gasteiger partial charge on any atom is 0.240 e. The molecular weight excluding hydrogens is 242 g/mol. The Morgan fingerprint density at radius 2 is 2.58 bits per heavy atom. The molecule has 0 spiro atoms. The smallest absolute Gasteiger partial charge is 0.240 e. The number of halogens is 1. The van der Waals surface area contributed by atoms with E-state index in [-0.39, 0.29) is 5.91 Å². The number of nitrogens with zero attached hydrogens (tertiary/aromatic N) is 1. The van der Waals surface area contributed by atoms with Gasteiger partial charge in [0.1, 0.15) is 0 Å². The zero-order chi connectivity index (χ0) is 8.97. The lowest BCUT2D eigenvalue weighted by Gasteiger charge is -1.98. The summed E-state index contributed by atoms with van der Waals surface area (Å²) >= 11 is 4.64. The summed E-state index contributed by atoms with van der Waals surface area (Å²) in [7, 11) is 1.72. The van der Waals surface area contributed by atoms with Crippen molar-refractivity contribution in [3.8, 4) is 0 Å². The summed E-state index contributed by atoms with van der Waals surface area (Å²) in [6, 6.07) is 0. The third-order valence-corrected chi connectivity index (χ3v) is 2.45. The molecule has 12 heavy (non-hydrogen) atoms. The average molecular weight is 250 g/mol. The van der Waals surface area contributed by atoms with Gasteiger partial charge >= 0.3 is 0 Å². The number of hydrogen-bond acceptors (Lipinski definition) is 4. The number of aromatic nitrogens is 1. The fraction of sp³-hybridized carbons (Fsp3) is 0.333. The van der Waals surface area contributed by atoms with Crippen LogP contribution in [0.25, 0.3) is 0 Å². The summed E-state index contributed by atoms with van der Waals surface area (Å²) in [5, 5.41) is 6.00. The highest BCUT2D eigenvalue weighted by molar-refractivity contribution is 9.11. The van der Waals surface area contributed by atoms with Crippen molar-refractivity contribution in [2.45, 2.75) is 0 Å². The van der Waals surface area contributed by atoms with E-state index in [2.05, 4.69) is 31.5 Å². The predicted octanol–water partition coefficient (Wildman–Crippen LogP) is 1.06. The van der Waals surface area contributed by atoms with Gasteiger partial charge in [0.25, 0.3) is 0 Å². The minimum absolute atomic E-state index is 0.0839. The third-order valence-electron chi connectivity index (χ3n) is 1.06. The Bertz CT molecular complexity index is 276. The number of rotatable bonds is 3. The van der Waals surface area contributed by atoms with Crippen LogP contribution in [0.1, 0.15) is 0 Å². The van der Waals surface area contributed by atoms with Crippen LogP contribution < -0.4 is 10.6 Å². The lowest BCUT2D eigenvalue weighted by Crippen LogP contribution is -2.24. The van der Waals surface area contributed by atoms with Gasteiger partial charge in [-0.1, -0.05) is 11.3 Å². The van der Waals surface area contributed by atoms with Crippen molar-refractivity contribution in [2.75, 3.05) is 18.9 Å². The molecule has 0 aliphatic carbocycles. The van der Waals surface area contributed by atoms with Gasteiger partial charge in [0.15, 0.2) is 5.13 Å². The summed E-state index contributed by atoms with van der Waals surface area (Å²) in [5.74, 6) is -0.0839. The van der Waals surface area contributed by atoms with E-state index in [9.17, 15) is 4.79 Å². The Hall–Kier alpha value is -0.460. The summed E-state index contributed by atoms with van der Waals surface area (Å²) in [6.45, 7) is 0.303. The number of carbonyl (C=O) groups is 1. The minimum Gasteiger partial charge on any atom is -0.311 e. The third kappa shape index (κ3) is 2.88. The van der Waals surface area contributed by atoms with Crippen molar-refractivity contribution in [3.63, 3.8) is 0 Å². The van der Waals surface area contributed by atoms with Crippen LogP contribution in [-0.4, -0.2) is 24.5 Å². The number of hydrogen-bond donors (Lipinski definition) is 2. The lowest BCUT2D eigenvalue weighted by atomic mass is 10.6. The van der Waals surface area contributed by atoms with Crippen molar-refractivity contribution >= 4 is 38.3 Å². The molecule has 0 aromatic carbocycles. The first-order valence-electron chi connectivity index (χ1n) is 3.28. The first-order chi connectivity index (χ1) is 5.72. The van der Waals surface area contributed by atoms with Crippen LogP contribution >= 0.6 is 27.3 Å². The quantitative estimate of drug-likeness (QED) is 0.843. The van der Waals surface area contributed by atoms with Gasteiger partial charge in [-0.3, -0.25) is 4.79 Å². The first kappa shape index (κ1) is 9.63. The SMILES string of the molecule is CNCC(=O)Nc1ncc(Br)s1. The summed E-state index contributed by atoms with van der Waals surface area (Å²) in [5.41, 5.74) is 0. The molecule has 66 valence electrons. The molecule has 0 aliphatic heterocycles. The van der Waals surface area contributed by atoms with Crippen molar-refractivity contribution < 1.29 is 4.79 Å². The summed E-state index contributed by atoms with van der Waals surface area (Å²) in [4.78, 5) is 14.9. The number of nitrogens with one attached hydrogen (secondary N) is 2. The maximum absolute atomic E-state index is 11.0. The van der Waals surface area contributed by atoms with Gasteiger partial charge < -0.3 is 10.6 Å². The molecule has 6 heteroatoms. The van der Waals surface area contributed by atoms with E-state index in [1.807, 2.05) is 0 Å². The van der Waals surface area contributed by atoms with Crippen molar-refractivity contribution in [1.29, 1.82) is 0 Å². The van der Waals surface area contributed by atoms with E-state index in [1.165, 1.54) is 11.3 Å². The van der Waals surface area contributed by atoms with Gasteiger partial charge in [0, 0.05) is 0 Å². The molecule has 0 unspecified atom stereocenters. The normalized spacial score (nSPS) is 9.83. The molecule has 4 nitrogen and oxygen atoms in total. The molecule has 0 fully saturated rings. The molecule has 1 amide bonds. The van der Waals surface area contributed by atoms with Crippen LogP contribution in [-0.2, 0) is 4.79 Å². The van der Waals surface area contributed by atoms with Crippen LogP contribution in [0, 0.1) is 0 Å². The second-order valence-electron chi connectivity index (χ2n) is 2.05. The van der Waals surface area contributed by atoms with Crippen LogP contribution in [0.5, 0.6) is 0 Å². The van der Waals surface area contributed by atoms with Crippen molar-refractivity contribution in [3.05, 3.63) is 9.98 Å². The molecule has 0 saturated heterocycles. The molecule has 0 aliphatic rings. The lowest BCUT2D eigenvalue weighted by molar-refractivity contribution is -0.115. The second kappa shape index (κ2) is 4.54. The topological polar surface area (TPSA) is 54.0 Å². The van der Waals surface area contributed by atoms with Gasteiger partial charge in [-0.05, 0) is 23.0 Å². The van der Waals surface area contributed by atoms with E-state index in [1.54, 1.807) is 13.2 Å². The van der Waals surface area contributed by atoms with E-state index in [0.29, 0.717) is 11.7 Å². The van der Waals surface area contributed by atoms with Gasteiger partial charge in [-0.25, -0.2) is 4.98 Å². The molecule has 2 N–H and O–H groups in total. The van der Waals surface area contributed by atoms with Gasteiger partial charge in [-0.15, -0.1) is 0 Å². The first-order valence-corrected chi connectivity index (χ1v) is 4.89. The Balaban J connectivity index is 2.46. The number of carbonyl (C=O) groups excluding carboxylic acids is 1. The minimum atomic E-state index is -0.0839. The molecule has 1 aromatic heterocycles. The standard InChI is InChI=1S/C6H8BrN3OS/c1-8-3-5(11)10-6-9-2-4(7)12-6/h2,8H,3H2,1H3,(H,9,10,11). The van der Waals surface area contributed by atoms with E-state index >= 15 is 0 Å². The Morgan fingerprint density at radius 1 is 1.83 bits per heavy atom. The molecule has 0 atom stereocenters. The average Bonchev–Trinajstić information content (AvgIpc) is 2.36. The number of likely N-dealkylation sites (N-methyl/N-ethyl adjacent to an activating group) is 1. The highest BCUT2D eigenvalue weighted by atomic mass is 79.9. The molecule has 1 aromatic rings. The second-order valence-corrected chi connectivity index (χ2v) is 4.46. The monoisotopic (exact) mass is 249 g/mol. The molecule has 0 saturated carbocycles. The van der Waals surface area contributed by atoms with E-state index in [0.717, 1.165) is 3.79 Å². The number of anilines is 1. The highest BCUT2D eigenvalue weighted by Gasteiger charge is 2.03. The van der Waals surface area contributed by atoms with Crippen LogP contribution in [0.15, 0.2) is 9.98 Å². The zero-order valence-corrected chi connectivity index (χ0v) is 8.83. The molecule has 1 heterocycles. The van der Waals surface area contributed by atoms with E-state index < -0.39 is 0 Å². The highest BCUT2D eigenvalue weighted by Crippen LogP contribution is 2.22. The number of amides is 1. The zero-order valence-electron chi connectivity index (χ0n) is 6.43. The van der Waals surface area contributed by atoms with Gasteiger partial charge in [-0.2, -0.15) is 0 Å². The summed E-state index contributed by atoms with van der Waals surface area (Å²) in [6.07, 6.45) is 1.65. The molecular formula is C6H8BrN3OS. The Kier molecular flexibility index (Phi) is 3.64. The van der Waals surface area contributed by atoms with Crippen LogP contribution in [0.2, 0.25) is 0 Å². The maximum atomic E-state index is 11.0. The number of thiazole rings is 1. The fourth-order valence-electron chi connectivity index (χ4n) is 0.636. The Labute approximate surface area is 82.5 Å².